The monoisotopic (exact) mass is 481 g/mol. The molecular weight excluding hydrogens is 463 g/mol. The molecule has 9 nitrogen and oxygen atoms in total. The second kappa shape index (κ2) is 8.15. The van der Waals surface area contributed by atoms with Crippen LogP contribution in [-0.4, -0.2) is 30.8 Å². The molecule has 0 spiro atoms. The molecule has 3 heterocycles. The number of oxazole rings is 1. The van der Waals surface area contributed by atoms with Gasteiger partial charge in [0.05, 0.1) is 22.6 Å². The third-order valence-corrected chi connectivity index (χ3v) is 5.90. The van der Waals surface area contributed by atoms with E-state index >= 15 is 0 Å². The molecule has 1 aliphatic heterocycles. The minimum atomic E-state index is -4.72. The number of carbonyl (C=O) groups excluding carboxylic acids is 1. The van der Waals surface area contributed by atoms with Crippen molar-refractivity contribution in [1.29, 1.82) is 0 Å². The Labute approximate surface area is 186 Å². The number of carbonyl (C=O) groups is 1. The molecule has 3 aromatic rings. The highest BCUT2D eigenvalue weighted by Crippen LogP contribution is 2.33. The molecule has 2 aromatic heterocycles. The molecule has 174 valence electrons. The number of alkyl halides is 3. The summed E-state index contributed by atoms with van der Waals surface area (Å²) in [5.41, 5.74) is -0.755. The van der Waals surface area contributed by atoms with Crippen molar-refractivity contribution in [3.63, 3.8) is 0 Å². The van der Waals surface area contributed by atoms with Gasteiger partial charge in [-0.05, 0) is 24.3 Å². The standard InChI is InChI=1S/C20H18F3N5O4S/c1-11-26-16-10-28(6-5-17(16)32-11)18-15(7-12(9-25-18)20(21,22)23)19(29)27-13-3-2-4-14(8-13)33(24,30)31/h2-4,7-9H,5-6,10H2,1H3,(H,27,29)(H2,24,30,31). The van der Waals surface area contributed by atoms with E-state index in [2.05, 4.69) is 15.3 Å². The molecule has 0 saturated carbocycles. The van der Waals surface area contributed by atoms with E-state index in [1.807, 2.05) is 0 Å². The van der Waals surface area contributed by atoms with E-state index < -0.39 is 27.7 Å². The second-order valence-electron chi connectivity index (χ2n) is 7.39. The lowest BCUT2D eigenvalue weighted by molar-refractivity contribution is -0.137. The highest BCUT2D eigenvalue weighted by molar-refractivity contribution is 7.89. The zero-order valence-electron chi connectivity index (χ0n) is 17.2. The summed E-state index contributed by atoms with van der Waals surface area (Å²) in [5, 5.41) is 7.53. The fourth-order valence-electron chi connectivity index (χ4n) is 3.49. The summed E-state index contributed by atoms with van der Waals surface area (Å²) in [5.74, 6) is 0.295. The van der Waals surface area contributed by atoms with Crippen LogP contribution < -0.4 is 15.4 Å². The number of aromatic nitrogens is 2. The Morgan fingerprint density at radius 3 is 2.73 bits per heavy atom. The zero-order valence-corrected chi connectivity index (χ0v) is 18.0. The Balaban J connectivity index is 1.70. The average molecular weight is 481 g/mol. The van der Waals surface area contributed by atoms with Crippen LogP contribution in [-0.2, 0) is 29.2 Å². The highest BCUT2D eigenvalue weighted by Gasteiger charge is 2.34. The van der Waals surface area contributed by atoms with Crippen LogP contribution in [0.25, 0.3) is 0 Å². The van der Waals surface area contributed by atoms with Gasteiger partial charge in [0.25, 0.3) is 5.91 Å². The topological polar surface area (TPSA) is 131 Å². The molecule has 0 fully saturated rings. The number of anilines is 2. The molecule has 1 aliphatic rings. The number of fused-ring (bicyclic) bond motifs is 1. The van der Waals surface area contributed by atoms with Crippen LogP contribution in [0.5, 0.6) is 0 Å². The molecule has 0 bridgehead atoms. The number of pyridine rings is 1. The Bertz CT molecular complexity index is 1340. The molecular formula is C20H18F3N5O4S. The van der Waals surface area contributed by atoms with E-state index in [9.17, 15) is 26.4 Å². The normalized spacial score (nSPS) is 14.2. The van der Waals surface area contributed by atoms with E-state index in [0.29, 0.717) is 42.6 Å². The maximum absolute atomic E-state index is 13.3. The van der Waals surface area contributed by atoms with Crippen LogP contribution in [0.3, 0.4) is 0 Å². The van der Waals surface area contributed by atoms with Crippen molar-refractivity contribution in [2.45, 2.75) is 31.0 Å². The van der Waals surface area contributed by atoms with Crippen molar-refractivity contribution >= 4 is 27.4 Å². The molecule has 0 saturated heterocycles. The Hall–Kier alpha value is -3.45. The van der Waals surface area contributed by atoms with E-state index in [0.717, 1.165) is 6.07 Å². The van der Waals surface area contributed by atoms with Gasteiger partial charge in [0, 0.05) is 31.8 Å². The molecule has 1 amide bonds. The molecule has 3 N–H and O–H groups in total. The van der Waals surface area contributed by atoms with Crippen LogP contribution in [0.2, 0.25) is 0 Å². The van der Waals surface area contributed by atoms with Crippen molar-refractivity contribution in [3.8, 4) is 0 Å². The van der Waals surface area contributed by atoms with Gasteiger partial charge in [-0.15, -0.1) is 0 Å². The Morgan fingerprint density at radius 1 is 1.27 bits per heavy atom. The van der Waals surface area contributed by atoms with Crippen LogP contribution in [0.15, 0.2) is 45.8 Å². The van der Waals surface area contributed by atoms with Crippen molar-refractivity contribution in [2.24, 2.45) is 5.14 Å². The lowest BCUT2D eigenvalue weighted by atomic mass is 10.1. The molecule has 0 unspecified atom stereocenters. The molecule has 1 aromatic carbocycles. The van der Waals surface area contributed by atoms with E-state index in [4.69, 9.17) is 9.56 Å². The van der Waals surface area contributed by atoms with Gasteiger partial charge < -0.3 is 14.6 Å². The molecule has 0 radical (unpaired) electrons. The fourth-order valence-corrected chi connectivity index (χ4v) is 4.05. The minimum Gasteiger partial charge on any atom is -0.446 e. The summed E-state index contributed by atoms with van der Waals surface area (Å²) in [6.45, 7) is 2.24. The first-order valence-corrected chi connectivity index (χ1v) is 11.2. The van der Waals surface area contributed by atoms with Crippen LogP contribution in [0.1, 0.15) is 33.3 Å². The van der Waals surface area contributed by atoms with Gasteiger partial charge >= 0.3 is 6.18 Å². The van der Waals surface area contributed by atoms with Crippen molar-refractivity contribution in [1.82, 2.24) is 9.97 Å². The lowest BCUT2D eigenvalue weighted by Gasteiger charge is -2.28. The number of hydrogen-bond acceptors (Lipinski definition) is 7. The Kier molecular flexibility index (Phi) is 5.62. The van der Waals surface area contributed by atoms with Gasteiger partial charge in [0.1, 0.15) is 17.3 Å². The lowest BCUT2D eigenvalue weighted by Crippen LogP contribution is -2.33. The first-order chi connectivity index (χ1) is 15.4. The van der Waals surface area contributed by atoms with Gasteiger partial charge in [-0.2, -0.15) is 13.2 Å². The second-order valence-corrected chi connectivity index (χ2v) is 8.96. The predicted octanol–water partition coefficient (Wildman–Crippen LogP) is 2.86. The summed E-state index contributed by atoms with van der Waals surface area (Å²) in [7, 11) is -4.04. The van der Waals surface area contributed by atoms with Gasteiger partial charge in [-0.1, -0.05) is 6.07 Å². The number of aryl methyl sites for hydroxylation is 1. The highest BCUT2D eigenvalue weighted by atomic mass is 32.2. The largest absolute Gasteiger partial charge is 0.446 e. The molecule has 0 aliphatic carbocycles. The van der Waals surface area contributed by atoms with Crippen LogP contribution >= 0.6 is 0 Å². The van der Waals surface area contributed by atoms with Crippen LogP contribution in [0, 0.1) is 6.92 Å². The van der Waals surface area contributed by atoms with Crippen molar-refractivity contribution < 1.29 is 30.8 Å². The van der Waals surface area contributed by atoms with Gasteiger partial charge in [-0.3, -0.25) is 4.79 Å². The number of primary sulfonamides is 1. The van der Waals surface area contributed by atoms with Crippen molar-refractivity contribution in [2.75, 3.05) is 16.8 Å². The van der Waals surface area contributed by atoms with Crippen LogP contribution in [0.4, 0.5) is 24.7 Å². The van der Waals surface area contributed by atoms with Gasteiger partial charge in [0.15, 0.2) is 5.89 Å². The average Bonchev–Trinajstić information content (AvgIpc) is 3.11. The summed E-state index contributed by atoms with van der Waals surface area (Å²) >= 11 is 0. The number of rotatable bonds is 4. The number of nitrogens with one attached hydrogen (secondary N) is 1. The molecule has 4 rings (SSSR count). The summed E-state index contributed by atoms with van der Waals surface area (Å²) in [6, 6.07) is 5.79. The zero-order chi connectivity index (χ0) is 24.0. The number of halogens is 3. The molecule has 0 atom stereocenters. The fraction of sp³-hybridized carbons (Fsp3) is 0.250. The number of sulfonamides is 1. The quantitative estimate of drug-likeness (QED) is 0.586. The van der Waals surface area contributed by atoms with E-state index in [1.54, 1.807) is 11.8 Å². The van der Waals surface area contributed by atoms with Gasteiger partial charge in [-0.25, -0.2) is 23.5 Å². The third-order valence-electron chi connectivity index (χ3n) is 4.99. The number of hydrogen-bond donors (Lipinski definition) is 2. The first kappa shape index (κ1) is 22.7. The third kappa shape index (κ3) is 4.83. The first-order valence-electron chi connectivity index (χ1n) is 9.63. The summed E-state index contributed by atoms with van der Waals surface area (Å²) in [6.07, 6.45) is -3.61. The molecule has 13 heteroatoms. The number of nitrogens with two attached hydrogens (primary N) is 1. The summed E-state index contributed by atoms with van der Waals surface area (Å²) < 4.78 is 68.6. The number of amides is 1. The smallest absolute Gasteiger partial charge is 0.417 e. The minimum absolute atomic E-state index is 0.0365. The SMILES string of the molecule is Cc1nc2c(o1)CCN(c1ncc(C(F)(F)F)cc1C(=O)Nc1cccc(S(N)(=O)=O)c1)C2. The van der Waals surface area contributed by atoms with E-state index in [1.165, 1.54) is 18.2 Å². The maximum atomic E-state index is 13.3. The van der Waals surface area contributed by atoms with Crippen molar-refractivity contribution in [3.05, 3.63) is 65.0 Å². The number of benzene rings is 1. The maximum Gasteiger partial charge on any atom is 0.417 e. The number of nitrogens with zero attached hydrogens (tertiary/aromatic N) is 3. The van der Waals surface area contributed by atoms with E-state index in [-0.39, 0.29) is 28.5 Å². The van der Waals surface area contributed by atoms with Gasteiger partial charge in [0.2, 0.25) is 10.0 Å². The Morgan fingerprint density at radius 2 is 2.03 bits per heavy atom. The summed E-state index contributed by atoms with van der Waals surface area (Å²) in [4.78, 5) is 22.6. The predicted molar refractivity (Wildman–Crippen MR) is 111 cm³/mol. The molecule has 33 heavy (non-hydrogen) atoms.